The number of ether oxygens (including phenoxy) is 1. The predicted octanol–water partition coefficient (Wildman–Crippen LogP) is 3.25. The highest BCUT2D eigenvalue weighted by Crippen LogP contribution is 2.28. The summed E-state index contributed by atoms with van der Waals surface area (Å²) in [7, 11) is 1.53. The van der Waals surface area contributed by atoms with E-state index in [-0.39, 0.29) is 0 Å². The van der Waals surface area contributed by atoms with Crippen molar-refractivity contribution in [2.24, 2.45) is 0 Å². The van der Waals surface area contributed by atoms with Crippen LogP contribution in [-0.2, 0) is 10.3 Å². The number of benzene rings is 2. The minimum absolute atomic E-state index is 0.331. The molecular formula is C16H16FNO3. The van der Waals surface area contributed by atoms with Gasteiger partial charge in [-0.2, -0.15) is 0 Å². The van der Waals surface area contributed by atoms with Crippen molar-refractivity contribution in [2.45, 2.75) is 12.5 Å². The molecule has 0 bridgehead atoms. The van der Waals surface area contributed by atoms with Crippen LogP contribution in [0.25, 0.3) is 0 Å². The SMILES string of the molecule is COc1cccc(NC(C)(C(=O)O)c2cccc(F)c2)c1. The molecule has 0 aliphatic rings. The monoisotopic (exact) mass is 289 g/mol. The second-order valence-electron chi connectivity index (χ2n) is 4.80. The van der Waals surface area contributed by atoms with Gasteiger partial charge < -0.3 is 15.2 Å². The molecule has 1 atom stereocenters. The first-order chi connectivity index (χ1) is 9.95. The van der Waals surface area contributed by atoms with Crippen molar-refractivity contribution in [1.29, 1.82) is 0 Å². The van der Waals surface area contributed by atoms with Gasteiger partial charge in [-0.25, -0.2) is 9.18 Å². The summed E-state index contributed by atoms with van der Waals surface area (Å²) in [6.45, 7) is 1.49. The molecule has 0 saturated heterocycles. The van der Waals surface area contributed by atoms with Crippen LogP contribution in [0, 0.1) is 5.82 Å². The van der Waals surface area contributed by atoms with Crippen molar-refractivity contribution in [3.05, 3.63) is 59.9 Å². The zero-order valence-corrected chi connectivity index (χ0v) is 11.8. The number of carboxylic acids is 1. The molecule has 2 aromatic rings. The molecule has 5 heteroatoms. The Morgan fingerprint density at radius 3 is 2.57 bits per heavy atom. The van der Waals surface area contributed by atoms with E-state index in [0.29, 0.717) is 17.0 Å². The maximum atomic E-state index is 13.4. The van der Waals surface area contributed by atoms with E-state index >= 15 is 0 Å². The van der Waals surface area contributed by atoms with Gasteiger partial charge in [0.25, 0.3) is 0 Å². The molecule has 0 radical (unpaired) electrons. The summed E-state index contributed by atoms with van der Waals surface area (Å²) in [5, 5.41) is 12.5. The number of halogens is 1. The number of hydrogen-bond acceptors (Lipinski definition) is 3. The number of carbonyl (C=O) groups is 1. The van der Waals surface area contributed by atoms with Crippen molar-refractivity contribution in [2.75, 3.05) is 12.4 Å². The van der Waals surface area contributed by atoms with Gasteiger partial charge in [-0.3, -0.25) is 0 Å². The molecule has 2 aromatic carbocycles. The Bertz CT molecular complexity index is 659. The lowest BCUT2D eigenvalue weighted by Gasteiger charge is -2.28. The first-order valence-corrected chi connectivity index (χ1v) is 6.37. The highest BCUT2D eigenvalue weighted by Gasteiger charge is 2.35. The van der Waals surface area contributed by atoms with Crippen LogP contribution < -0.4 is 10.1 Å². The van der Waals surface area contributed by atoms with E-state index in [1.807, 2.05) is 0 Å². The van der Waals surface area contributed by atoms with Gasteiger partial charge in [0.15, 0.2) is 5.54 Å². The molecule has 110 valence electrons. The summed E-state index contributed by atoms with van der Waals surface area (Å²) >= 11 is 0. The molecule has 0 saturated carbocycles. The summed E-state index contributed by atoms with van der Waals surface area (Å²) < 4.78 is 18.5. The van der Waals surface area contributed by atoms with E-state index in [0.717, 1.165) is 0 Å². The van der Waals surface area contributed by atoms with E-state index in [4.69, 9.17) is 4.74 Å². The lowest BCUT2D eigenvalue weighted by atomic mass is 9.91. The first-order valence-electron chi connectivity index (χ1n) is 6.37. The Kier molecular flexibility index (Phi) is 4.12. The van der Waals surface area contributed by atoms with Crippen molar-refractivity contribution in [3.8, 4) is 5.75 Å². The molecule has 0 aliphatic heterocycles. The Balaban J connectivity index is 2.40. The number of hydrogen-bond donors (Lipinski definition) is 2. The van der Waals surface area contributed by atoms with Gasteiger partial charge in [-0.1, -0.05) is 18.2 Å². The van der Waals surface area contributed by atoms with E-state index in [1.54, 1.807) is 30.3 Å². The molecule has 1 unspecified atom stereocenters. The van der Waals surface area contributed by atoms with Gasteiger partial charge in [0, 0.05) is 11.8 Å². The predicted molar refractivity (Wildman–Crippen MR) is 78.0 cm³/mol. The topological polar surface area (TPSA) is 58.6 Å². The number of carboxylic acid groups (broad SMARTS) is 1. The van der Waals surface area contributed by atoms with Gasteiger partial charge in [0.2, 0.25) is 0 Å². The van der Waals surface area contributed by atoms with Crippen LogP contribution in [0.4, 0.5) is 10.1 Å². The van der Waals surface area contributed by atoms with Gasteiger partial charge >= 0.3 is 5.97 Å². The fraction of sp³-hybridized carbons (Fsp3) is 0.188. The number of aliphatic carboxylic acids is 1. The van der Waals surface area contributed by atoms with Gasteiger partial charge in [-0.05, 0) is 36.8 Å². The quantitative estimate of drug-likeness (QED) is 0.887. The maximum absolute atomic E-state index is 13.4. The van der Waals surface area contributed by atoms with Gasteiger partial charge in [0.1, 0.15) is 11.6 Å². The molecule has 0 fully saturated rings. The first kappa shape index (κ1) is 14.8. The van der Waals surface area contributed by atoms with Crippen molar-refractivity contribution in [3.63, 3.8) is 0 Å². The molecule has 0 amide bonds. The van der Waals surface area contributed by atoms with E-state index in [2.05, 4.69) is 5.32 Å². The van der Waals surface area contributed by atoms with Crippen LogP contribution in [0.15, 0.2) is 48.5 Å². The third-order valence-corrected chi connectivity index (χ3v) is 3.29. The zero-order valence-electron chi connectivity index (χ0n) is 11.8. The molecule has 21 heavy (non-hydrogen) atoms. The highest BCUT2D eigenvalue weighted by molar-refractivity contribution is 5.84. The Morgan fingerprint density at radius 2 is 1.95 bits per heavy atom. The van der Waals surface area contributed by atoms with Crippen molar-refractivity contribution in [1.82, 2.24) is 0 Å². The third-order valence-electron chi connectivity index (χ3n) is 3.29. The lowest BCUT2D eigenvalue weighted by Crippen LogP contribution is -2.40. The summed E-state index contributed by atoms with van der Waals surface area (Å²) in [5.41, 5.74) is -0.546. The van der Waals surface area contributed by atoms with Crippen LogP contribution >= 0.6 is 0 Å². The second kappa shape index (κ2) is 5.83. The maximum Gasteiger partial charge on any atom is 0.333 e. The summed E-state index contributed by atoms with van der Waals surface area (Å²) in [5.74, 6) is -0.977. The molecule has 0 aliphatic carbocycles. The lowest BCUT2D eigenvalue weighted by molar-refractivity contribution is -0.142. The molecular weight excluding hydrogens is 273 g/mol. The van der Waals surface area contributed by atoms with E-state index < -0.39 is 17.3 Å². The summed E-state index contributed by atoms with van der Waals surface area (Å²) in [6, 6.07) is 12.5. The Labute approximate surface area is 122 Å². The van der Waals surface area contributed by atoms with Gasteiger partial charge in [-0.15, -0.1) is 0 Å². The minimum atomic E-state index is -1.45. The van der Waals surface area contributed by atoms with Crippen molar-refractivity contribution >= 4 is 11.7 Å². The molecule has 2 rings (SSSR count). The molecule has 0 heterocycles. The van der Waals surface area contributed by atoms with Crippen LogP contribution in [0.5, 0.6) is 5.75 Å². The Hall–Kier alpha value is -2.56. The van der Waals surface area contributed by atoms with Crippen molar-refractivity contribution < 1.29 is 19.0 Å². The largest absolute Gasteiger partial charge is 0.497 e. The fourth-order valence-corrected chi connectivity index (χ4v) is 2.04. The van der Waals surface area contributed by atoms with Crippen LogP contribution in [0.1, 0.15) is 12.5 Å². The second-order valence-corrected chi connectivity index (χ2v) is 4.80. The number of methoxy groups -OCH3 is 1. The molecule has 0 aromatic heterocycles. The van der Waals surface area contributed by atoms with E-state index in [1.165, 1.54) is 32.2 Å². The Morgan fingerprint density at radius 1 is 1.24 bits per heavy atom. The summed E-state index contributed by atoms with van der Waals surface area (Å²) in [6.07, 6.45) is 0. The average Bonchev–Trinajstić information content (AvgIpc) is 2.47. The van der Waals surface area contributed by atoms with Crippen LogP contribution in [0.2, 0.25) is 0 Å². The molecule has 2 N–H and O–H groups in total. The number of rotatable bonds is 5. The molecule has 0 spiro atoms. The standard InChI is InChI=1S/C16H16FNO3/c1-16(15(19)20,11-5-3-6-12(17)9-11)18-13-7-4-8-14(10-13)21-2/h3-10,18H,1-2H3,(H,19,20). The fourth-order valence-electron chi connectivity index (χ4n) is 2.04. The highest BCUT2D eigenvalue weighted by atomic mass is 19.1. The zero-order chi connectivity index (χ0) is 15.5. The smallest absolute Gasteiger partial charge is 0.333 e. The van der Waals surface area contributed by atoms with Crippen LogP contribution in [-0.4, -0.2) is 18.2 Å². The average molecular weight is 289 g/mol. The third kappa shape index (κ3) is 3.13. The summed E-state index contributed by atoms with van der Waals surface area (Å²) in [4.78, 5) is 11.7. The number of anilines is 1. The normalized spacial score (nSPS) is 13.3. The number of nitrogens with one attached hydrogen (secondary N) is 1. The van der Waals surface area contributed by atoms with E-state index in [9.17, 15) is 14.3 Å². The molecule has 4 nitrogen and oxygen atoms in total. The minimum Gasteiger partial charge on any atom is -0.497 e. The van der Waals surface area contributed by atoms with Crippen LogP contribution in [0.3, 0.4) is 0 Å². The van der Waals surface area contributed by atoms with Gasteiger partial charge in [0.05, 0.1) is 7.11 Å².